The van der Waals surface area contributed by atoms with Gasteiger partial charge in [-0.1, -0.05) is 23.2 Å². The molecule has 2 aromatic rings. The predicted octanol–water partition coefficient (Wildman–Crippen LogP) is 3.65. The molecule has 6 nitrogen and oxygen atoms in total. The zero-order valence-corrected chi connectivity index (χ0v) is 16.3. The summed E-state index contributed by atoms with van der Waals surface area (Å²) in [6, 6.07) is 1.52. The van der Waals surface area contributed by atoms with Gasteiger partial charge in [-0.05, 0) is 25.1 Å². The van der Waals surface area contributed by atoms with Gasteiger partial charge in [-0.3, -0.25) is 9.36 Å². The van der Waals surface area contributed by atoms with Crippen LogP contribution in [0, 0.1) is 5.82 Å². The molecule has 12 heteroatoms. The second-order valence-corrected chi connectivity index (χ2v) is 6.72. The van der Waals surface area contributed by atoms with Crippen molar-refractivity contribution in [2.24, 2.45) is 7.05 Å². The van der Waals surface area contributed by atoms with Gasteiger partial charge in [-0.15, -0.1) is 0 Å². The Morgan fingerprint density at radius 3 is 2.41 bits per heavy atom. The number of nitrogens with zero attached hydrogens (tertiary/aromatic N) is 2. The molecule has 0 spiro atoms. The first-order valence-electron chi connectivity index (χ1n) is 7.73. The van der Waals surface area contributed by atoms with Crippen LogP contribution in [-0.2, 0) is 18.0 Å². The van der Waals surface area contributed by atoms with Crippen LogP contribution in [0.3, 0.4) is 0 Å². The third-order valence-corrected chi connectivity index (χ3v) is 4.15. The Kier molecular flexibility index (Phi) is 6.59. The van der Waals surface area contributed by atoms with E-state index in [-0.39, 0.29) is 26.8 Å². The van der Waals surface area contributed by atoms with Crippen LogP contribution in [0.5, 0.6) is 0 Å². The van der Waals surface area contributed by atoms with Crippen molar-refractivity contribution in [1.82, 2.24) is 9.13 Å². The van der Waals surface area contributed by atoms with Crippen molar-refractivity contribution in [3.63, 3.8) is 0 Å². The van der Waals surface area contributed by atoms with Crippen molar-refractivity contribution in [3.05, 3.63) is 72.2 Å². The van der Waals surface area contributed by atoms with Crippen LogP contribution in [-0.4, -0.2) is 21.7 Å². The quantitative estimate of drug-likeness (QED) is 0.522. The van der Waals surface area contributed by atoms with Crippen LogP contribution in [0.4, 0.5) is 17.6 Å². The molecule has 0 N–H and O–H groups in total. The molecule has 1 aromatic carbocycles. The standard InChI is InChI=1S/C17H12Cl2F4N2O4/c1-8(18)3-4-29-15(27)9-5-12(11(20)6-10(9)19)25-14(26)7-13(17(21,22)23)24(2)16(25)28/h3,5-7H,4H2,1-2H3/b8-3-. The number of esters is 1. The fraction of sp³-hybridized carbons (Fsp3) is 0.235. The highest BCUT2D eigenvalue weighted by Crippen LogP contribution is 2.27. The largest absolute Gasteiger partial charge is 0.458 e. The Balaban J connectivity index is 2.64. The molecular formula is C17H12Cl2F4N2O4. The van der Waals surface area contributed by atoms with Gasteiger partial charge in [0, 0.05) is 18.1 Å². The first-order chi connectivity index (χ1) is 13.3. The van der Waals surface area contributed by atoms with Crippen molar-refractivity contribution in [2.75, 3.05) is 6.61 Å². The minimum Gasteiger partial charge on any atom is -0.458 e. The number of ether oxygens (including phenoxy) is 1. The van der Waals surface area contributed by atoms with Gasteiger partial charge in [0.1, 0.15) is 18.1 Å². The Hall–Kier alpha value is -2.59. The molecule has 2 rings (SSSR count). The summed E-state index contributed by atoms with van der Waals surface area (Å²) in [4.78, 5) is 36.6. The summed E-state index contributed by atoms with van der Waals surface area (Å²) in [6.45, 7) is 1.30. The Morgan fingerprint density at radius 1 is 1.24 bits per heavy atom. The van der Waals surface area contributed by atoms with Crippen LogP contribution >= 0.6 is 23.2 Å². The van der Waals surface area contributed by atoms with Crippen molar-refractivity contribution >= 4 is 29.2 Å². The van der Waals surface area contributed by atoms with Crippen molar-refractivity contribution in [2.45, 2.75) is 13.1 Å². The molecule has 0 aliphatic heterocycles. The highest BCUT2D eigenvalue weighted by atomic mass is 35.5. The molecule has 0 fully saturated rings. The van der Waals surface area contributed by atoms with Gasteiger partial charge in [-0.2, -0.15) is 13.2 Å². The number of aromatic nitrogens is 2. The summed E-state index contributed by atoms with van der Waals surface area (Å²) in [7, 11) is 0.769. The van der Waals surface area contributed by atoms with Crippen LogP contribution in [0.25, 0.3) is 5.69 Å². The molecule has 0 atom stereocenters. The van der Waals surface area contributed by atoms with Gasteiger partial charge in [-0.25, -0.2) is 18.5 Å². The van der Waals surface area contributed by atoms with Gasteiger partial charge >= 0.3 is 17.8 Å². The van der Waals surface area contributed by atoms with Gasteiger partial charge in [0.25, 0.3) is 5.56 Å². The highest BCUT2D eigenvalue weighted by molar-refractivity contribution is 6.33. The Morgan fingerprint density at radius 2 is 1.86 bits per heavy atom. The van der Waals surface area contributed by atoms with Crippen LogP contribution < -0.4 is 11.2 Å². The topological polar surface area (TPSA) is 70.3 Å². The summed E-state index contributed by atoms with van der Waals surface area (Å²) >= 11 is 11.4. The second kappa shape index (κ2) is 8.42. The highest BCUT2D eigenvalue weighted by Gasteiger charge is 2.35. The number of rotatable bonds is 4. The van der Waals surface area contributed by atoms with E-state index < -0.39 is 46.2 Å². The van der Waals surface area contributed by atoms with E-state index in [0.717, 1.165) is 13.1 Å². The van der Waals surface area contributed by atoms with E-state index in [1.165, 1.54) is 13.0 Å². The number of carbonyl (C=O) groups excluding carboxylic acids is 1. The van der Waals surface area contributed by atoms with Gasteiger partial charge in [0.15, 0.2) is 0 Å². The second-order valence-electron chi connectivity index (χ2n) is 5.72. The SMILES string of the molecule is C/C(Cl)=C/COC(=O)c1cc(-n2c(=O)cc(C(F)(F)F)n(C)c2=O)c(F)cc1Cl. The third kappa shape index (κ3) is 4.88. The number of halogens is 6. The molecule has 1 aromatic heterocycles. The lowest BCUT2D eigenvalue weighted by atomic mass is 10.2. The van der Waals surface area contributed by atoms with E-state index in [1.54, 1.807) is 0 Å². The van der Waals surface area contributed by atoms with Crippen LogP contribution in [0.15, 0.2) is 38.9 Å². The van der Waals surface area contributed by atoms with Crippen molar-refractivity contribution in [3.8, 4) is 5.69 Å². The third-order valence-electron chi connectivity index (χ3n) is 3.69. The van der Waals surface area contributed by atoms with Crippen LogP contribution in [0.1, 0.15) is 23.0 Å². The summed E-state index contributed by atoms with van der Waals surface area (Å²) in [5.41, 5.74) is -5.59. The average molecular weight is 455 g/mol. The summed E-state index contributed by atoms with van der Waals surface area (Å²) in [5.74, 6) is -2.23. The maximum Gasteiger partial charge on any atom is 0.431 e. The minimum absolute atomic E-state index is 0.140. The maximum absolute atomic E-state index is 14.4. The number of hydrogen-bond donors (Lipinski definition) is 0. The van der Waals surface area contributed by atoms with Gasteiger partial charge < -0.3 is 4.74 Å². The van der Waals surface area contributed by atoms with E-state index in [4.69, 9.17) is 27.9 Å². The number of benzene rings is 1. The maximum atomic E-state index is 14.4. The van der Waals surface area contributed by atoms with E-state index in [1.807, 2.05) is 0 Å². The summed E-state index contributed by atoms with van der Waals surface area (Å²) < 4.78 is 58.4. The smallest absolute Gasteiger partial charge is 0.431 e. The molecule has 0 radical (unpaired) electrons. The summed E-state index contributed by atoms with van der Waals surface area (Å²) in [5, 5.41) is -0.0527. The molecular weight excluding hydrogens is 443 g/mol. The molecule has 29 heavy (non-hydrogen) atoms. The van der Waals surface area contributed by atoms with E-state index in [2.05, 4.69) is 0 Å². The van der Waals surface area contributed by atoms with Gasteiger partial charge in [0.2, 0.25) is 0 Å². The minimum atomic E-state index is -4.98. The number of hydrogen-bond acceptors (Lipinski definition) is 4. The van der Waals surface area contributed by atoms with Crippen molar-refractivity contribution < 1.29 is 27.1 Å². The average Bonchev–Trinajstić information content (AvgIpc) is 2.58. The number of allylic oxidation sites excluding steroid dienone is 1. The molecule has 0 aliphatic carbocycles. The first-order valence-corrected chi connectivity index (χ1v) is 8.49. The predicted molar refractivity (Wildman–Crippen MR) is 97.1 cm³/mol. The van der Waals surface area contributed by atoms with E-state index in [0.29, 0.717) is 11.1 Å². The molecule has 0 unspecified atom stereocenters. The molecule has 0 aliphatic rings. The summed E-state index contributed by atoms with van der Waals surface area (Å²) in [6.07, 6.45) is -3.62. The van der Waals surface area contributed by atoms with Crippen molar-refractivity contribution in [1.29, 1.82) is 0 Å². The van der Waals surface area contributed by atoms with E-state index >= 15 is 0 Å². The fourth-order valence-electron chi connectivity index (χ4n) is 2.29. The molecule has 1 heterocycles. The Labute approximate surface area is 170 Å². The lowest BCUT2D eigenvalue weighted by Crippen LogP contribution is -2.41. The zero-order valence-electron chi connectivity index (χ0n) is 14.8. The molecule has 0 bridgehead atoms. The van der Waals surface area contributed by atoms with Crippen LogP contribution in [0.2, 0.25) is 5.02 Å². The number of carbonyl (C=O) groups is 1. The molecule has 0 amide bonds. The molecule has 0 saturated carbocycles. The first kappa shape index (κ1) is 22.7. The van der Waals surface area contributed by atoms with E-state index in [9.17, 15) is 31.9 Å². The molecule has 156 valence electrons. The zero-order chi connectivity index (χ0) is 22.1. The lowest BCUT2D eigenvalue weighted by Gasteiger charge is -2.15. The van der Waals surface area contributed by atoms with Gasteiger partial charge in [0.05, 0.1) is 16.3 Å². The molecule has 0 saturated heterocycles. The number of alkyl halides is 3. The fourth-order valence-corrected chi connectivity index (χ4v) is 2.59. The lowest BCUT2D eigenvalue weighted by molar-refractivity contribution is -0.144. The Bertz CT molecular complexity index is 1120. The monoisotopic (exact) mass is 454 g/mol. The normalized spacial score (nSPS) is 12.2.